The molecule has 0 saturated heterocycles. The number of carbonyl (C=O) groups excluding carboxylic acids is 1. The van der Waals surface area contributed by atoms with Crippen molar-refractivity contribution in [3.8, 4) is 0 Å². The van der Waals surface area contributed by atoms with Gasteiger partial charge in [0.25, 0.3) is 5.91 Å². The Kier molecular flexibility index (Phi) is 4.61. The lowest BCUT2D eigenvalue weighted by atomic mass is 10.1. The molecular formula is C22H19NO5. The highest BCUT2D eigenvalue weighted by Gasteiger charge is 2.22. The van der Waals surface area contributed by atoms with Crippen LogP contribution in [0.2, 0.25) is 0 Å². The molecule has 0 aliphatic rings. The lowest BCUT2D eigenvalue weighted by molar-refractivity contribution is 0.0673. The highest BCUT2D eigenvalue weighted by Crippen LogP contribution is 2.21. The Morgan fingerprint density at radius 3 is 2.18 bits per heavy atom. The highest BCUT2D eigenvalue weighted by molar-refractivity contribution is 5.93. The minimum atomic E-state index is -0.411. The molecular weight excluding hydrogens is 358 g/mol. The van der Waals surface area contributed by atoms with Gasteiger partial charge < -0.3 is 18.2 Å². The molecule has 0 saturated carbocycles. The van der Waals surface area contributed by atoms with Crippen LogP contribution in [-0.4, -0.2) is 10.8 Å². The Morgan fingerprint density at radius 2 is 1.61 bits per heavy atom. The molecule has 28 heavy (non-hydrogen) atoms. The number of aryl methyl sites for hydroxylation is 2. The molecule has 6 nitrogen and oxygen atoms in total. The third-order valence-electron chi connectivity index (χ3n) is 4.52. The average Bonchev–Trinajstić information content (AvgIpc) is 3.33. The summed E-state index contributed by atoms with van der Waals surface area (Å²) < 4.78 is 16.6. The zero-order chi connectivity index (χ0) is 19.7. The van der Waals surface area contributed by atoms with Gasteiger partial charge in [-0.05, 0) is 55.3 Å². The van der Waals surface area contributed by atoms with Gasteiger partial charge in [0.1, 0.15) is 17.1 Å². The van der Waals surface area contributed by atoms with E-state index in [1.165, 1.54) is 11.0 Å². The van der Waals surface area contributed by atoms with Crippen LogP contribution >= 0.6 is 0 Å². The maximum absolute atomic E-state index is 13.2. The van der Waals surface area contributed by atoms with E-state index in [9.17, 15) is 9.59 Å². The molecule has 0 N–H and O–H groups in total. The van der Waals surface area contributed by atoms with Crippen molar-refractivity contribution in [1.82, 2.24) is 4.90 Å². The predicted molar refractivity (Wildman–Crippen MR) is 103 cm³/mol. The maximum Gasteiger partial charge on any atom is 0.290 e. The van der Waals surface area contributed by atoms with E-state index in [-0.39, 0.29) is 24.3 Å². The number of hydrogen-bond acceptors (Lipinski definition) is 5. The SMILES string of the molecule is Cc1cc(C)c2c(=O)cc(C(=O)N(Cc3ccco3)Cc3ccco3)oc2c1. The second-order valence-corrected chi connectivity index (χ2v) is 6.75. The van der Waals surface area contributed by atoms with Crippen molar-refractivity contribution in [2.24, 2.45) is 0 Å². The van der Waals surface area contributed by atoms with Gasteiger partial charge >= 0.3 is 0 Å². The number of nitrogens with zero attached hydrogens (tertiary/aromatic N) is 1. The Balaban J connectivity index is 1.74. The smallest absolute Gasteiger partial charge is 0.290 e. The van der Waals surface area contributed by atoms with E-state index < -0.39 is 5.91 Å². The van der Waals surface area contributed by atoms with Gasteiger partial charge in [0, 0.05) is 6.07 Å². The van der Waals surface area contributed by atoms with Crippen LogP contribution in [0.15, 0.2) is 73.0 Å². The topological polar surface area (TPSA) is 76.8 Å². The number of fused-ring (bicyclic) bond motifs is 1. The van der Waals surface area contributed by atoms with Crippen molar-refractivity contribution in [3.63, 3.8) is 0 Å². The van der Waals surface area contributed by atoms with Crippen LogP contribution in [-0.2, 0) is 13.1 Å². The summed E-state index contributed by atoms with van der Waals surface area (Å²) in [4.78, 5) is 27.3. The van der Waals surface area contributed by atoms with Gasteiger partial charge in [-0.15, -0.1) is 0 Å². The second kappa shape index (κ2) is 7.23. The molecule has 4 aromatic rings. The molecule has 0 aliphatic heterocycles. The Labute approximate surface area is 161 Å². The fraction of sp³-hybridized carbons (Fsp3) is 0.182. The first-order chi connectivity index (χ1) is 13.5. The normalized spacial score (nSPS) is 11.1. The first kappa shape index (κ1) is 17.9. The Hall–Kier alpha value is -3.54. The van der Waals surface area contributed by atoms with Gasteiger partial charge in [0.15, 0.2) is 11.2 Å². The van der Waals surface area contributed by atoms with Crippen molar-refractivity contribution in [3.05, 3.63) is 93.6 Å². The lowest BCUT2D eigenvalue weighted by Gasteiger charge is -2.20. The molecule has 0 spiro atoms. The molecule has 142 valence electrons. The number of benzene rings is 1. The summed E-state index contributed by atoms with van der Waals surface area (Å²) >= 11 is 0. The Bertz CT molecular complexity index is 1130. The first-order valence-electron chi connectivity index (χ1n) is 8.90. The first-order valence-corrected chi connectivity index (χ1v) is 8.90. The van der Waals surface area contributed by atoms with E-state index in [4.69, 9.17) is 13.3 Å². The summed E-state index contributed by atoms with van der Waals surface area (Å²) in [5, 5.41) is 0.491. The van der Waals surface area contributed by atoms with Gasteiger partial charge in [-0.25, -0.2) is 0 Å². The van der Waals surface area contributed by atoms with Gasteiger partial charge in [0.2, 0.25) is 0 Å². The Morgan fingerprint density at radius 1 is 0.964 bits per heavy atom. The molecule has 0 bridgehead atoms. The largest absolute Gasteiger partial charge is 0.467 e. The van der Waals surface area contributed by atoms with Crippen LogP contribution in [0.1, 0.15) is 33.2 Å². The van der Waals surface area contributed by atoms with Gasteiger partial charge in [-0.3, -0.25) is 9.59 Å². The molecule has 3 heterocycles. The van der Waals surface area contributed by atoms with Crippen LogP contribution in [0.3, 0.4) is 0 Å². The standard InChI is InChI=1S/C22H19NO5/c1-14-9-15(2)21-18(24)11-20(28-19(21)10-14)22(25)23(12-16-5-3-7-26-16)13-17-6-4-8-27-17/h3-11H,12-13H2,1-2H3. The van der Waals surface area contributed by atoms with Crippen molar-refractivity contribution < 1.29 is 18.0 Å². The zero-order valence-electron chi connectivity index (χ0n) is 15.6. The van der Waals surface area contributed by atoms with Gasteiger partial charge in [0.05, 0.1) is 31.0 Å². The van der Waals surface area contributed by atoms with Crippen molar-refractivity contribution in [2.45, 2.75) is 26.9 Å². The summed E-state index contributed by atoms with van der Waals surface area (Å²) in [7, 11) is 0. The zero-order valence-corrected chi connectivity index (χ0v) is 15.6. The summed E-state index contributed by atoms with van der Waals surface area (Å²) in [6.45, 7) is 4.22. The molecule has 1 aromatic carbocycles. The van der Waals surface area contributed by atoms with Crippen molar-refractivity contribution in [2.75, 3.05) is 0 Å². The van der Waals surface area contributed by atoms with Crippen molar-refractivity contribution >= 4 is 16.9 Å². The average molecular weight is 377 g/mol. The van der Waals surface area contributed by atoms with E-state index in [0.717, 1.165) is 11.1 Å². The number of carbonyl (C=O) groups is 1. The monoisotopic (exact) mass is 377 g/mol. The fourth-order valence-corrected chi connectivity index (χ4v) is 3.31. The van der Waals surface area contributed by atoms with Crippen LogP contribution < -0.4 is 5.43 Å². The summed E-state index contributed by atoms with van der Waals surface area (Å²) in [6.07, 6.45) is 3.10. The van der Waals surface area contributed by atoms with E-state index in [2.05, 4.69) is 0 Å². The number of hydrogen-bond donors (Lipinski definition) is 0. The predicted octanol–water partition coefficient (Wildman–Crippen LogP) is 4.44. The quantitative estimate of drug-likeness (QED) is 0.514. The molecule has 0 atom stereocenters. The molecule has 1 amide bonds. The summed E-state index contributed by atoms with van der Waals surface area (Å²) in [6, 6.07) is 12.0. The van der Waals surface area contributed by atoms with Crippen LogP contribution in [0.4, 0.5) is 0 Å². The fourth-order valence-electron chi connectivity index (χ4n) is 3.31. The van der Waals surface area contributed by atoms with Crippen molar-refractivity contribution in [1.29, 1.82) is 0 Å². The highest BCUT2D eigenvalue weighted by atomic mass is 16.4. The van der Waals surface area contributed by atoms with Crippen LogP contribution in [0.5, 0.6) is 0 Å². The van der Waals surface area contributed by atoms with Gasteiger partial charge in [-0.2, -0.15) is 0 Å². The summed E-state index contributed by atoms with van der Waals surface area (Å²) in [5.74, 6) is 0.816. The molecule has 0 aliphatic carbocycles. The van der Waals surface area contributed by atoms with Crippen LogP contribution in [0.25, 0.3) is 11.0 Å². The molecule has 3 aromatic heterocycles. The number of rotatable bonds is 5. The lowest BCUT2D eigenvalue weighted by Crippen LogP contribution is -2.30. The van der Waals surface area contributed by atoms with Gasteiger partial charge in [-0.1, -0.05) is 6.07 Å². The minimum Gasteiger partial charge on any atom is -0.467 e. The summed E-state index contributed by atoms with van der Waals surface area (Å²) in [5.41, 5.74) is 1.95. The third kappa shape index (κ3) is 3.49. The van der Waals surface area contributed by atoms with E-state index >= 15 is 0 Å². The number of amides is 1. The van der Waals surface area contributed by atoms with E-state index in [1.807, 2.05) is 19.9 Å². The maximum atomic E-state index is 13.2. The molecule has 4 rings (SSSR count). The molecule has 6 heteroatoms. The van der Waals surface area contributed by atoms with E-state index in [0.29, 0.717) is 22.5 Å². The third-order valence-corrected chi connectivity index (χ3v) is 4.52. The minimum absolute atomic E-state index is 0.0133. The number of furan rings is 2. The molecule has 0 radical (unpaired) electrons. The van der Waals surface area contributed by atoms with Crippen LogP contribution in [0, 0.1) is 13.8 Å². The second-order valence-electron chi connectivity index (χ2n) is 6.75. The molecule has 0 unspecified atom stereocenters. The molecule has 0 fully saturated rings. The van der Waals surface area contributed by atoms with E-state index in [1.54, 1.807) is 42.9 Å².